The Hall–Kier alpha value is -1.94. The van der Waals surface area contributed by atoms with Gasteiger partial charge < -0.3 is 5.32 Å². The molecule has 2 nitrogen and oxygen atoms in total. The molecule has 0 aliphatic rings. The molecule has 1 N–H and O–H groups in total. The van der Waals surface area contributed by atoms with Gasteiger partial charge in [-0.3, -0.25) is 4.79 Å². The standard InChI is InChI=1S/C14H10ClF2NO/c15-12-8-11(5-6-13(12)17)18-14(19)7-9-1-3-10(16)4-2-9/h1-6,8H,7H2,(H,18,19). The smallest absolute Gasteiger partial charge is 0.228 e. The van der Waals surface area contributed by atoms with Crippen molar-refractivity contribution in [3.63, 3.8) is 0 Å². The van der Waals surface area contributed by atoms with Gasteiger partial charge in [0.1, 0.15) is 11.6 Å². The maximum Gasteiger partial charge on any atom is 0.228 e. The van der Waals surface area contributed by atoms with Gasteiger partial charge in [-0.2, -0.15) is 0 Å². The van der Waals surface area contributed by atoms with Crippen molar-refractivity contribution in [2.24, 2.45) is 0 Å². The number of halogens is 3. The van der Waals surface area contributed by atoms with Crippen molar-refractivity contribution in [1.29, 1.82) is 0 Å². The van der Waals surface area contributed by atoms with Crippen molar-refractivity contribution in [2.75, 3.05) is 5.32 Å². The minimum absolute atomic E-state index is 0.0559. The number of benzene rings is 2. The van der Waals surface area contributed by atoms with Gasteiger partial charge in [0.05, 0.1) is 11.4 Å². The molecule has 0 saturated heterocycles. The predicted molar refractivity (Wildman–Crippen MR) is 70.1 cm³/mol. The molecule has 1 amide bonds. The van der Waals surface area contributed by atoms with Crippen LogP contribution in [0.2, 0.25) is 5.02 Å². The fourth-order valence-electron chi connectivity index (χ4n) is 1.57. The molecule has 0 atom stereocenters. The van der Waals surface area contributed by atoms with Gasteiger partial charge in [0, 0.05) is 5.69 Å². The molecule has 0 heterocycles. The van der Waals surface area contributed by atoms with Crippen LogP contribution in [0.4, 0.5) is 14.5 Å². The van der Waals surface area contributed by atoms with Crippen LogP contribution < -0.4 is 5.32 Å². The number of carbonyl (C=O) groups excluding carboxylic acids is 1. The second kappa shape index (κ2) is 5.80. The maximum atomic E-state index is 12.9. The highest BCUT2D eigenvalue weighted by molar-refractivity contribution is 6.31. The van der Waals surface area contributed by atoms with Crippen LogP contribution >= 0.6 is 11.6 Å². The van der Waals surface area contributed by atoms with E-state index in [0.29, 0.717) is 11.3 Å². The summed E-state index contributed by atoms with van der Waals surface area (Å²) in [5.41, 5.74) is 1.10. The summed E-state index contributed by atoms with van der Waals surface area (Å²) in [5.74, 6) is -1.18. The molecule has 0 radical (unpaired) electrons. The minimum Gasteiger partial charge on any atom is -0.326 e. The summed E-state index contributed by atoms with van der Waals surface area (Å²) in [5, 5.41) is 2.53. The summed E-state index contributed by atoms with van der Waals surface area (Å²) < 4.78 is 25.6. The zero-order valence-electron chi connectivity index (χ0n) is 9.79. The third kappa shape index (κ3) is 3.76. The molecule has 0 aliphatic carbocycles. The summed E-state index contributed by atoms with van der Waals surface area (Å²) in [4.78, 5) is 11.7. The Morgan fingerprint density at radius 1 is 1.11 bits per heavy atom. The highest BCUT2D eigenvalue weighted by atomic mass is 35.5. The first-order chi connectivity index (χ1) is 9.04. The monoisotopic (exact) mass is 281 g/mol. The minimum atomic E-state index is -0.543. The van der Waals surface area contributed by atoms with Crippen LogP contribution in [0.3, 0.4) is 0 Å². The Labute approximate surface area is 114 Å². The van der Waals surface area contributed by atoms with Crippen molar-refractivity contribution in [3.05, 3.63) is 64.7 Å². The van der Waals surface area contributed by atoms with Crippen LogP contribution in [0.1, 0.15) is 5.56 Å². The molecule has 5 heteroatoms. The predicted octanol–water partition coefficient (Wildman–Crippen LogP) is 3.80. The molecule has 2 aromatic rings. The Kier molecular flexibility index (Phi) is 4.12. The van der Waals surface area contributed by atoms with E-state index in [1.165, 1.54) is 42.5 Å². The van der Waals surface area contributed by atoms with Gasteiger partial charge in [-0.15, -0.1) is 0 Å². The van der Waals surface area contributed by atoms with E-state index >= 15 is 0 Å². The van der Waals surface area contributed by atoms with Crippen molar-refractivity contribution >= 4 is 23.2 Å². The summed E-state index contributed by atoms with van der Waals surface area (Å²) in [7, 11) is 0. The molecule has 0 fully saturated rings. The summed E-state index contributed by atoms with van der Waals surface area (Å²) in [6.07, 6.45) is 0.106. The first-order valence-electron chi connectivity index (χ1n) is 5.54. The SMILES string of the molecule is O=C(Cc1ccc(F)cc1)Nc1ccc(F)c(Cl)c1. The molecule has 0 unspecified atom stereocenters. The second-order valence-corrected chi connectivity index (χ2v) is 4.39. The number of anilines is 1. The molecule has 2 rings (SSSR count). The number of hydrogen-bond acceptors (Lipinski definition) is 1. The number of hydrogen-bond donors (Lipinski definition) is 1. The molecule has 0 spiro atoms. The van der Waals surface area contributed by atoms with E-state index in [-0.39, 0.29) is 23.2 Å². The Morgan fingerprint density at radius 3 is 2.42 bits per heavy atom. The van der Waals surface area contributed by atoms with Crippen LogP contribution in [-0.4, -0.2) is 5.91 Å². The van der Waals surface area contributed by atoms with Crippen molar-refractivity contribution < 1.29 is 13.6 Å². The van der Waals surface area contributed by atoms with Gasteiger partial charge in [-0.05, 0) is 35.9 Å². The lowest BCUT2D eigenvalue weighted by Gasteiger charge is -2.06. The average Bonchev–Trinajstić information content (AvgIpc) is 2.37. The van der Waals surface area contributed by atoms with E-state index in [1.807, 2.05) is 0 Å². The third-order valence-electron chi connectivity index (χ3n) is 2.48. The molecule has 0 bridgehead atoms. The second-order valence-electron chi connectivity index (χ2n) is 3.98. The Morgan fingerprint density at radius 2 is 1.79 bits per heavy atom. The first kappa shape index (κ1) is 13.5. The van der Waals surface area contributed by atoms with E-state index in [1.54, 1.807) is 0 Å². The van der Waals surface area contributed by atoms with Gasteiger partial charge in [-0.1, -0.05) is 23.7 Å². The number of amides is 1. The maximum absolute atomic E-state index is 12.9. The summed E-state index contributed by atoms with van der Waals surface area (Å²) in [6, 6.07) is 9.58. The van der Waals surface area contributed by atoms with E-state index < -0.39 is 5.82 Å². The lowest BCUT2D eigenvalue weighted by molar-refractivity contribution is -0.115. The third-order valence-corrected chi connectivity index (χ3v) is 2.77. The van der Waals surface area contributed by atoms with Crippen LogP contribution in [0, 0.1) is 11.6 Å². The average molecular weight is 282 g/mol. The lowest BCUT2D eigenvalue weighted by atomic mass is 10.1. The zero-order chi connectivity index (χ0) is 13.8. The molecular formula is C14H10ClF2NO. The molecular weight excluding hydrogens is 272 g/mol. The topological polar surface area (TPSA) is 29.1 Å². The van der Waals surface area contributed by atoms with Gasteiger partial charge in [0.2, 0.25) is 5.91 Å². The highest BCUT2D eigenvalue weighted by Crippen LogP contribution is 2.19. The number of rotatable bonds is 3. The van der Waals surface area contributed by atoms with Crippen LogP contribution in [0.5, 0.6) is 0 Å². The normalized spacial score (nSPS) is 10.3. The van der Waals surface area contributed by atoms with E-state index in [4.69, 9.17) is 11.6 Å². The van der Waals surface area contributed by atoms with E-state index in [9.17, 15) is 13.6 Å². The zero-order valence-corrected chi connectivity index (χ0v) is 10.5. The number of nitrogens with one attached hydrogen (secondary N) is 1. The van der Waals surface area contributed by atoms with Crippen LogP contribution in [-0.2, 0) is 11.2 Å². The van der Waals surface area contributed by atoms with Gasteiger partial charge in [-0.25, -0.2) is 8.78 Å². The quantitative estimate of drug-likeness (QED) is 0.911. The van der Waals surface area contributed by atoms with Crippen molar-refractivity contribution in [3.8, 4) is 0 Å². The van der Waals surface area contributed by atoms with Gasteiger partial charge >= 0.3 is 0 Å². The molecule has 0 saturated carbocycles. The number of carbonyl (C=O) groups is 1. The fourth-order valence-corrected chi connectivity index (χ4v) is 1.75. The van der Waals surface area contributed by atoms with Crippen molar-refractivity contribution in [1.82, 2.24) is 0 Å². The van der Waals surface area contributed by atoms with Crippen LogP contribution in [0.15, 0.2) is 42.5 Å². The molecule has 98 valence electrons. The largest absolute Gasteiger partial charge is 0.326 e. The lowest BCUT2D eigenvalue weighted by Crippen LogP contribution is -2.14. The molecule has 0 aliphatic heterocycles. The van der Waals surface area contributed by atoms with Gasteiger partial charge in [0.15, 0.2) is 0 Å². The van der Waals surface area contributed by atoms with Crippen molar-refractivity contribution in [2.45, 2.75) is 6.42 Å². The van der Waals surface area contributed by atoms with E-state index in [2.05, 4.69) is 5.32 Å². The highest BCUT2D eigenvalue weighted by Gasteiger charge is 2.06. The van der Waals surface area contributed by atoms with E-state index in [0.717, 1.165) is 0 Å². The summed E-state index contributed by atoms with van der Waals surface area (Å²) >= 11 is 5.61. The Bertz CT molecular complexity index is 599. The molecule has 2 aromatic carbocycles. The summed E-state index contributed by atoms with van der Waals surface area (Å²) in [6.45, 7) is 0. The molecule has 19 heavy (non-hydrogen) atoms. The van der Waals surface area contributed by atoms with Gasteiger partial charge in [0.25, 0.3) is 0 Å². The fraction of sp³-hybridized carbons (Fsp3) is 0.0714. The molecule has 0 aromatic heterocycles. The Balaban J connectivity index is 2.01. The van der Waals surface area contributed by atoms with Crippen LogP contribution in [0.25, 0.3) is 0 Å². The first-order valence-corrected chi connectivity index (χ1v) is 5.92.